The quantitative estimate of drug-likeness (QED) is 0.242. The van der Waals surface area contributed by atoms with Crippen LogP contribution in [0.15, 0.2) is 29.3 Å². The van der Waals surface area contributed by atoms with E-state index in [1.54, 1.807) is 0 Å². The molecule has 5 N–H and O–H groups in total. The first-order valence-electron chi connectivity index (χ1n) is 10.4. The lowest BCUT2D eigenvalue weighted by atomic mass is 9.99. The molecule has 10 heteroatoms. The zero-order valence-corrected chi connectivity index (χ0v) is 18.4. The number of aliphatic imine (C=N–C) groups is 1. The highest BCUT2D eigenvalue weighted by Gasteiger charge is 2.37. The molecule has 3 rings (SSSR count). The summed E-state index contributed by atoms with van der Waals surface area (Å²) in [7, 11) is 0. The number of hydrogen-bond acceptors (Lipinski definition) is 7. The average Bonchev–Trinajstić information content (AvgIpc) is 3.19. The third kappa shape index (κ3) is 5.65. The predicted molar refractivity (Wildman–Crippen MR) is 121 cm³/mol. The maximum Gasteiger partial charge on any atom is 0.246 e. The molecule has 1 fully saturated rings. The lowest BCUT2D eigenvalue weighted by Crippen LogP contribution is -2.55. The van der Waals surface area contributed by atoms with Crippen molar-refractivity contribution in [3.63, 3.8) is 0 Å². The molecule has 0 spiro atoms. The zero-order chi connectivity index (χ0) is 22.4. The Bertz CT molecular complexity index is 945. The largest absolute Gasteiger partial charge is 0.370 e. The number of amides is 2. The van der Waals surface area contributed by atoms with E-state index >= 15 is 0 Å². The van der Waals surface area contributed by atoms with Gasteiger partial charge in [0.1, 0.15) is 6.04 Å². The van der Waals surface area contributed by atoms with Crippen molar-refractivity contribution < 1.29 is 14.4 Å². The molecule has 9 nitrogen and oxygen atoms in total. The van der Waals surface area contributed by atoms with Crippen molar-refractivity contribution >= 4 is 45.1 Å². The number of guanidine groups is 1. The third-order valence-electron chi connectivity index (χ3n) is 5.23. The number of carbonyl (C=O) groups is 3. The van der Waals surface area contributed by atoms with Gasteiger partial charge < -0.3 is 16.8 Å². The van der Waals surface area contributed by atoms with Crippen LogP contribution in [0.1, 0.15) is 48.8 Å². The Hall–Kier alpha value is -2.85. The number of Topliss-reactive ketones (excluding diaryl/α,β-unsaturated/α-hetero) is 1. The Labute approximate surface area is 184 Å². The summed E-state index contributed by atoms with van der Waals surface area (Å²) >= 11 is 1.26. The second-order valence-corrected chi connectivity index (χ2v) is 8.58. The van der Waals surface area contributed by atoms with Gasteiger partial charge in [-0.3, -0.25) is 24.3 Å². The molecule has 1 aliphatic rings. The van der Waals surface area contributed by atoms with E-state index in [9.17, 15) is 14.4 Å². The van der Waals surface area contributed by atoms with E-state index in [4.69, 9.17) is 11.5 Å². The number of aromatic nitrogens is 1. The molecule has 0 bridgehead atoms. The molecule has 166 valence electrons. The van der Waals surface area contributed by atoms with Crippen molar-refractivity contribution in [1.29, 1.82) is 0 Å². The molecule has 2 atom stereocenters. The van der Waals surface area contributed by atoms with Crippen molar-refractivity contribution in [3.05, 3.63) is 29.3 Å². The molecule has 1 aromatic heterocycles. The van der Waals surface area contributed by atoms with Crippen molar-refractivity contribution in [2.75, 3.05) is 13.1 Å². The number of para-hydroxylation sites is 1. The Morgan fingerprint density at radius 1 is 1.29 bits per heavy atom. The van der Waals surface area contributed by atoms with Crippen LogP contribution in [-0.2, 0) is 9.59 Å². The van der Waals surface area contributed by atoms with E-state index in [1.165, 1.54) is 18.3 Å². The highest BCUT2D eigenvalue weighted by Crippen LogP contribution is 2.25. The van der Waals surface area contributed by atoms with Gasteiger partial charge in [-0.1, -0.05) is 18.6 Å². The van der Waals surface area contributed by atoms with Crippen molar-refractivity contribution in [1.82, 2.24) is 15.2 Å². The maximum absolute atomic E-state index is 13.5. The minimum atomic E-state index is -0.955. The van der Waals surface area contributed by atoms with Crippen LogP contribution in [0.4, 0.5) is 0 Å². The molecule has 2 aromatic rings. The summed E-state index contributed by atoms with van der Waals surface area (Å²) in [6, 6.07) is 6.02. The number of nitrogens with two attached hydrogens (primary N) is 2. The normalized spacial score (nSPS) is 17.1. The van der Waals surface area contributed by atoms with E-state index in [0.29, 0.717) is 31.4 Å². The van der Waals surface area contributed by atoms with Crippen LogP contribution >= 0.6 is 11.3 Å². The fraction of sp³-hybridized carbons (Fsp3) is 0.476. The van der Waals surface area contributed by atoms with E-state index in [-0.39, 0.29) is 29.1 Å². The van der Waals surface area contributed by atoms with Crippen LogP contribution in [0.25, 0.3) is 10.2 Å². The SMILES string of the molecule is CC(=O)N(C(=O)[C@@H]1CCCCN1)C(CCCN=C(N)N)C(=O)c1nc2ccccc2s1. The molecule has 0 saturated carbocycles. The summed E-state index contributed by atoms with van der Waals surface area (Å²) < 4.78 is 0.875. The fourth-order valence-electron chi connectivity index (χ4n) is 3.75. The maximum atomic E-state index is 13.5. The van der Waals surface area contributed by atoms with Crippen LogP contribution in [0.3, 0.4) is 0 Å². The van der Waals surface area contributed by atoms with E-state index in [2.05, 4.69) is 15.3 Å². The van der Waals surface area contributed by atoms with Gasteiger partial charge in [-0.05, 0) is 44.4 Å². The van der Waals surface area contributed by atoms with Gasteiger partial charge in [0.25, 0.3) is 0 Å². The second kappa shape index (κ2) is 10.5. The summed E-state index contributed by atoms with van der Waals surface area (Å²) in [6.45, 7) is 2.33. The topological polar surface area (TPSA) is 144 Å². The standard InChI is InChI=1S/C21H28N6O3S/c1-13(28)27(20(30)15-8-4-5-11-24-15)16(9-6-12-25-21(22)23)18(29)19-26-14-7-2-3-10-17(14)31-19/h2-3,7,10,15-16,24H,4-6,8-9,11-12H2,1H3,(H4,22,23,25)/t15-,16?/m0/s1. The van der Waals surface area contributed by atoms with Gasteiger partial charge in [0.2, 0.25) is 17.6 Å². The number of hydrogen-bond donors (Lipinski definition) is 3. The second-order valence-electron chi connectivity index (χ2n) is 7.55. The lowest BCUT2D eigenvalue weighted by Gasteiger charge is -2.32. The van der Waals surface area contributed by atoms with Crippen molar-refractivity contribution in [3.8, 4) is 0 Å². The van der Waals surface area contributed by atoms with Gasteiger partial charge in [0.15, 0.2) is 11.0 Å². The molecule has 0 radical (unpaired) electrons. The summed E-state index contributed by atoms with van der Waals surface area (Å²) in [5.74, 6) is -1.21. The number of carbonyl (C=O) groups excluding carboxylic acids is 3. The fourth-order valence-corrected chi connectivity index (χ4v) is 4.70. The monoisotopic (exact) mass is 444 g/mol. The first-order valence-corrected chi connectivity index (χ1v) is 11.2. The van der Waals surface area contributed by atoms with Gasteiger partial charge in [-0.2, -0.15) is 0 Å². The molecule has 2 heterocycles. The Kier molecular flexibility index (Phi) is 7.69. The third-order valence-corrected chi connectivity index (χ3v) is 6.29. The number of thiazole rings is 1. The number of piperidine rings is 1. The molecule has 31 heavy (non-hydrogen) atoms. The number of rotatable bonds is 8. The molecular formula is C21H28N6O3S. The number of benzene rings is 1. The number of ketones is 1. The number of nitrogens with zero attached hydrogens (tertiary/aromatic N) is 3. The van der Waals surface area contributed by atoms with Crippen LogP contribution < -0.4 is 16.8 Å². The summed E-state index contributed by atoms with van der Waals surface area (Å²) in [5, 5.41) is 3.45. The molecule has 1 saturated heterocycles. The van der Waals surface area contributed by atoms with Gasteiger partial charge in [-0.25, -0.2) is 4.98 Å². The van der Waals surface area contributed by atoms with Crippen LogP contribution in [0.5, 0.6) is 0 Å². The molecule has 0 aliphatic carbocycles. The Balaban J connectivity index is 1.90. The smallest absolute Gasteiger partial charge is 0.246 e. The van der Waals surface area contributed by atoms with Crippen molar-refractivity contribution in [2.45, 2.75) is 51.1 Å². The lowest BCUT2D eigenvalue weighted by molar-refractivity contribution is -0.147. The molecule has 1 aliphatic heterocycles. The summed E-state index contributed by atoms with van der Waals surface area (Å²) in [6.07, 6.45) is 3.21. The van der Waals surface area contributed by atoms with E-state index in [0.717, 1.165) is 22.4 Å². The molecule has 1 unspecified atom stereocenters. The highest BCUT2D eigenvalue weighted by atomic mass is 32.1. The minimum Gasteiger partial charge on any atom is -0.370 e. The molecule has 2 amide bonds. The summed E-state index contributed by atoms with van der Waals surface area (Å²) in [5.41, 5.74) is 11.5. The number of imide groups is 1. The van der Waals surface area contributed by atoms with E-state index < -0.39 is 18.0 Å². The van der Waals surface area contributed by atoms with Crippen LogP contribution in [0, 0.1) is 0 Å². The molecular weight excluding hydrogens is 416 g/mol. The average molecular weight is 445 g/mol. The van der Waals surface area contributed by atoms with E-state index in [1.807, 2.05) is 24.3 Å². The first kappa shape index (κ1) is 22.8. The minimum absolute atomic E-state index is 0.0417. The zero-order valence-electron chi connectivity index (χ0n) is 17.5. The van der Waals surface area contributed by atoms with Gasteiger partial charge in [0.05, 0.1) is 16.3 Å². The highest BCUT2D eigenvalue weighted by molar-refractivity contribution is 7.20. The predicted octanol–water partition coefficient (Wildman–Crippen LogP) is 1.42. The van der Waals surface area contributed by atoms with Gasteiger partial charge in [-0.15, -0.1) is 11.3 Å². The van der Waals surface area contributed by atoms with Crippen molar-refractivity contribution in [2.24, 2.45) is 16.5 Å². The number of fused-ring (bicyclic) bond motifs is 1. The Morgan fingerprint density at radius 3 is 2.71 bits per heavy atom. The number of nitrogens with one attached hydrogen (secondary N) is 1. The van der Waals surface area contributed by atoms with Crippen LogP contribution in [-0.4, -0.2) is 58.6 Å². The van der Waals surface area contributed by atoms with Gasteiger partial charge >= 0.3 is 0 Å². The summed E-state index contributed by atoms with van der Waals surface area (Å²) in [4.78, 5) is 48.8. The van der Waals surface area contributed by atoms with Gasteiger partial charge in [0, 0.05) is 13.5 Å². The molecule has 1 aromatic carbocycles. The Morgan fingerprint density at radius 2 is 2.06 bits per heavy atom. The van der Waals surface area contributed by atoms with Crippen LogP contribution in [0.2, 0.25) is 0 Å². The first-order chi connectivity index (χ1) is 14.9.